The van der Waals surface area contributed by atoms with Crippen LogP contribution in [0.1, 0.15) is 51.9 Å². The highest BCUT2D eigenvalue weighted by Gasteiger charge is 2.20. The molecule has 0 unspecified atom stereocenters. The Hall–Kier alpha value is -1.76. The van der Waals surface area contributed by atoms with E-state index in [1.54, 1.807) is 0 Å². The zero-order chi connectivity index (χ0) is 19.3. The van der Waals surface area contributed by atoms with Crippen molar-refractivity contribution >= 4 is 28.3 Å². The summed E-state index contributed by atoms with van der Waals surface area (Å²) in [5.74, 6) is 0.818. The van der Waals surface area contributed by atoms with Crippen molar-refractivity contribution in [3.05, 3.63) is 17.5 Å². The molecule has 0 amide bonds. The number of piperidine rings is 1. The topological polar surface area (TPSA) is 66.0 Å². The quantitative estimate of drug-likeness (QED) is 0.276. The Morgan fingerprint density at radius 1 is 1.30 bits per heavy atom. The summed E-state index contributed by atoms with van der Waals surface area (Å²) >= 11 is 1.82. The molecule has 1 aromatic heterocycles. The molecular formula is C20H34N4O2S. The number of hydrogen-bond acceptors (Lipinski definition) is 5. The van der Waals surface area contributed by atoms with Crippen LogP contribution in [0.25, 0.3) is 0 Å². The van der Waals surface area contributed by atoms with E-state index >= 15 is 0 Å². The summed E-state index contributed by atoms with van der Waals surface area (Å²) < 4.78 is 4.66. The molecule has 1 aromatic rings. The Labute approximate surface area is 167 Å². The third-order valence-electron chi connectivity index (χ3n) is 4.78. The maximum atomic E-state index is 11.1. The maximum absolute atomic E-state index is 11.1. The van der Waals surface area contributed by atoms with E-state index in [9.17, 15) is 4.79 Å². The van der Waals surface area contributed by atoms with Gasteiger partial charge in [-0.1, -0.05) is 12.8 Å². The Morgan fingerprint density at radius 2 is 2.07 bits per heavy atom. The van der Waals surface area contributed by atoms with Crippen LogP contribution in [-0.4, -0.2) is 51.3 Å². The molecule has 0 radical (unpaired) electrons. The number of hydrogen-bond donors (Lipinski definition) is 2. The molecule has 2 rings (SSSR count). The van der Waals surface area contributed by atoms with Crippen LogP contribution in [-0.2, 0) is 9.53 Å². The summed E-state index contributed by atoms with van der Waals surface area (Å²) in [6.45, 7) is 5.99. The summed E-state index contributed by atoms with van der Waals surface area (Å²) in [7, 11) is 1.44. The predicted octanol–water partition coefficient (Wildman–Crippen LogP) is 3.40. The van der Waals surface area contributed by atoms with Crippen LogP contribution in [0.4, 0.5) is 5.00 Å². The van der Waals surface area contributed by atoms with Crippen molar-refractivity contribution in [2.24, 2.45) is 4.99 Å². The molecule has 27 heavy (non-hydrogen) atoms. The number of anilines is 1. The maximum Gasteiger partial charge on any atom is 0.305 e. The second-order valence-corrected chi connectivity index (χ2v) is 7.78. The van der Waals surface area contributed by atoms with Gasteiger partial charge in [0.2, 0.25) is 0 Å². The molecular weight excluding hydrogens is 360 g/mol. The van der Waals surface area contributed by atoms with E-state index in [1.807, 2.05) is 11.3 Å². The molecule has 6 nitrogen and oxygen atoms in total. The molecule has 2 heterocycles. The molecule has 0 atom stereocenters. The Morgan fingerprint density at radius 3 is 2.74 bits per heavy atom. The first-order valence-electron chi connectivity index (χ1n) is 10.1. The van der Waals surface area contributed by atoms with Gasteiger partial charge in [0.1, 0.15) is 0 Å². The van der Waals surface area contributed by atoms with Gasteiger partial charge in [0.25, 0.3) is 0 Å². The number of carbonyl (C=O) groups is 1. The van der Waals surface area contributed by atoms with Crippen molar-refractivity contribution in [2.75, 3.05) is 38.2 Å². The minimum absolute atomic E-state index is 0.114. The highest BCUT2D eigenvalue weighted by Crippen LogP contribution is 2.24. The molecule has 2 N–H and O–H groups in total. The molecule has 152 valence electrons. The molecule has 1 fully saturated rings. The zero-order valence-electron chi connectivity index (χ0n) is 16.7. The number of nitrogens with one attached hydrogen (secondary N) is 2. The van der Waals surface area contributed by atoms with E-state index in [4.69, 9.17) is 4.99 Å². The number of guanidine groups is 1. The fraction of sp³-hybridized carbons (Fsp3) is 0.700. The van der Waals surface area contributed by atoms with Crippen LogP contribution in [0.5, 0.6) is 0 Å². The van der Waals surface area contributed by atoms with E-state index in [0.717, 1.165) is 70.7 Å². The van der Waals surface area contributed by atoms with Crippen molar-refractivity contribution in [1.82, 2.24) is 10.6 Å². The molecule has 7 heteroatoms. The van der Waals surface area contributed by atoms with Crippen LogP contribution in [0.3, 0.4) is 0 Å². The SMILES string of the molecule is CCNC(=NCCCCCCC(=O)OC)NC1CCN(c2cccs2)CC1. The largest absolute Gasteiger partial charge is 0.469 e. The van der Waals surface area contributed by atoms with Crippen molar-refractivity contribution in [3.8, 4) is 0 Å². The lowest BCUT2D eigenvalue weighted by molar-refractivity contribution is -0.140. The third-order valence-corrected chi connectivity index (χ3v) is 5.71. The summed E-state index contributed by atoms with van der Waals surface area (Å²) in [6, 6.07) is 4.81. The number of nitrogens with zero attached hydrogens (tertiary/aromatic N) is 2. The third kappa shape index (κ3) is 8.20. The van der Waals surface area contributed by atoms with Gasteiger partial charge in [0.15, 0.2) is 5.96 Å². The molecule has 1 saturated heterocycles. The first kappa shape index (κ1) is 21.5. The molecule has 0 spiro atoms. The number of esters is 1. The smallest absolute Gasteiger partial charge is 0.305 e. The van der Waals surface area contributed by atoms with Crippen LogP contribution >= 0.6 is 11.3 Å². The van der Waals surface area contributed by atoms with Gasteiger partial charge in [-0.15, -0.1) is 11.3 Å². The first-order chi connectivity index (χ1) is 13.2. The van der Waals surface area contributed by atoms with Crippen LogP contribution in [0.15, 0.2) is 22.5 Å². The van der Waals surface area contributed by atoms with Gasteiger partial charge in [-0.3, -0.25) is 9.79 Å². The van der Waals surface area contributed by atoms with Gasteiger partial charge < -0.3 is 20.3 Å². The van der Waals surface area contributed by atoms with E-state index in [1.165, 1.54) is 12.1 Å². The second-order valence-electron chi connectivity index (χ2n) is 6.86. The van der Waals surface area contributed by atoms with E-state index in [2.05, 4.69) is 44.7 Å². The second kappa shape index (κ2) is 12.6. The lowest BCUT2D eigenvalue weighted by Crippen LogP contribution is -2.48. The summed E-state index contributed by atoms with van der Waals surface area (Å²) in [5, 5.41) is 10.5. The molecule has 1 aliphatic heterocycles. The summed E-state index contributed by atoms with van der Waals surface area (Å²) in [6.07, 6.45) is 6.89. The van der Waals surface area contributed by atoms with Gasteiger partial charge in [-0.05, 0) is 50.1 Å². The highest BCUT2D eigenvalue weighted by molar-refractivity contribution is 7.14. The van der Waals surface area contributed by atoms with Crippen LogP contribution in [0, 0.1) is 0 Å². The normalized spacial score (nSPS) is 15.6. The molecule has 0 aromatic carbocycles. The van der Waals surface area contributed by atoms with Crippen molar-refractivity contribution in [1.29, 1.82) is 0 Å². The van der Waals surface area contributed by atoms with E-state index in [-0.39, 0.29) is 5.97 Å². The number of aliphatic imine (C=N–C) groups is 1. The predicted molar refractivity (Wildman–Crippen MR) is 114 cm³/mol. The Balaban J connectivity index is 1.64. The number of unbranched alkanes of at least 4 members (excludes halogenated alkanes) is 3. The minimum Gasteiger partial charge on any atom is -0.469 e. The number of methoxy groups -OCH3 is 1. The highest BCUT2D eigenvalue weighted by atomic mass is 32.1. The van der Waals surface area contributed by atoms with Crippen molar-refractivity contribution in [3.63, 3.8) is 0 Å². The van der Waals surface area contributed by atoms with Gasteiger partial charge in [0, 0.05) is 38.6 Å². The first-order valence-corrected chi connectivity index (χ1v) is 11.0. The Kier molecular flexibility index (Phi) is 10.0. The van der Waals surface area contributed by atoms with E-state index in [0.29, 0.717) is 12.5 Å². The fourth-order valence-corrected chi connectivity index (χ4v) is 4.02. The molecule has 0 saturated carbocycles. The van der Waals surface area contributed by atoms with Crippen LogP contribution in [0.2, 0.25) is 0 Å². The van der Waals surface area contributed by atoms with Gasteiger partial charge in [-0.25, -0.2) is 0 Å². The number of rotatable bonds is 10. The Bertz CT molecular complexity index is 554. The average Bonchev–Trinajstić information content (AvgIpc) is 3.22. The number of carbonyl (C=O) groups excluding carboxylic acids is 1. The lowest BCUT2D eigenvalue weighted by atomic mass is 10.1. The van der Waals surface area contributed by atoms with Crippen molar-refractivity contribution < 1.29 is 9.53 Å². The lowest BCUT2D eigenvalue weighted by Gasteiger charge is -2.33. The minimum atomic E-state index is -0.114. The fourth-order valence-electron chi connectivity index (χ4n) is 3.24. The molecule has 0 bridgehead atoms. The summed E-state index contributed by atoms with van der Waals surface area (Å²) in [5.41, 5.74) is 0. The number of ether oxygens (including phenoxy) is 1. The standard InChI is InChI=1S/C20H34N4O2S/c1-3-21-20(22-13-7-5-4-6-10-19(25)26-2)23-17-11-14-24(15-12-17)18-9-8-16-27-18/h8-9,16-17H,3-7,10-15H2,1-2H3,(H2,21,22,23). The number of thiophene rings is 1. The van der Waals surface area contributed by atoms with E-state index < -0.39 is 0 Å². The van der Waals surface area contributed by atoms with Gasteiger partial charge in [-0.2, -0.15) is 0 Å². The molecule has 1 aliphatic rings. The van der Waals surface area contributed by atoms with Crippen LogP contribution < -0.4 is 15.5 Å². The monoisotopic (exact) mass is 394 g/mol. The summed E-state index contributed by atoms with van der Waals surface area (Å²) in [4.78, 5) is 18.3. The zero-order valence-corrected chi connectivity index (χ0v) is 17.5. The average molecular weight is 395 g/mol. The molecule has 0 aliphatic carbocycles. The van der Waals surface area contributed by atoms with Gasteiger partial charge >= 0.3 is 5.97 Å². The van der Waals surface area contributed by atoms with Gasteiger partial charge in [0.05, 0.1) is 12.1 Å². The van der Waals surface area contributed by atoms with Crippen molar-refractivity contribution in [2.45, 2.75) is 57.9 Å².